The van der Waals surface area contributed by atoms with Crippen LogP contribution in [0, 0.1) is 5.92 Å². The minimum Gasteiger partial charge on any atom is -0.514 e. The fraction of sp³-hybridized carbons (Fsp3) is 0.310. The van der Waals surface area contributed by atoms with E-state index in [0.29, 0.717) is 25.2 Å². The van der Waals surface area contributed by atoms with Gasteiger partial charge in [0.15, 0.2) is 0 Å². The first-order valence-corrected chi connectivity index (χ1v) is 12.0. The van der Waals surface area contributed by atoms with Gasteiger partial charge in [-0.3, -0.25) is 9.59 Å². The van der Waals surface area contributed by atoms with E-state index in [1.165, 1.54) is 33.4 Å². The Hall–Kier alpha value is -3.60. The van der Waals surface area contributed by atoms with Gasteiger partial charge in [0.1, 0.15) is 0 Å². The first-order chi connectivity index (χ1) is 16.5. The number of allylic oxidation sites excluding steroid dienone is 1. The van der Waals surface area contributed by atoms with Gasteiger partial charge in [-0.25, -0.2) is 0 Å². The van der Waals surface area contributed by atoms with Crippen molar-refractivity contribution in [2.45, 2.75) is 39.5 Å². The third-order valence-electron chi connectivity index (χ3n) is 6.55. The summed E-state index contributed by atoms with van der Waals surface area (Å²) in [6.07, 6.45) is 7.49. The second kappa shape index (κ2) is 10.6. The number of fused-ring (bicyclic) bond motifs is 2. The molecule has 1 fully saturated rings. The van der Waals surface area contributed by atoms with Crippen LogP contribution in [0.5, 0.6) is 0 Å². The van der Waals surface area contributed by atoms with E-state index in [-0.39, 0.29) is 24.2 Å². The second-order valence-electron chi connectivity index (χ2n) is 9.17. The summed E-state index contributed by atoms with van der Waals surface area (Å²) >= 11 is 0. The Kier molecular flexibility index (Phi) is 7.31. The number of carbonyl (C=O) groups excluding carboxylic acids is 2. The molecule has 5 heteroatoms. The average Bonchev–Trinajstić information content (AvgIpc) is 3.03. The zero-order chi connectivity index (χ0) is 24.1. The van der Waals surface area contributed by atoms with Gasteiger partial charge in [0, 0.05) is 25.4 Å². The fourth-order valence-electron chi connectivity index (χ4n) is 4.58. The van der Waals surface area contributed by atoms with Crippen LogP contribution < -0.4 is 5.32 Å². The van der Waals surface area contributed by atoms with Gasteiger partial charge in [-0.2, -0.15) is 0 Å². The van der Waals surface area contributed by atoms with Gasteiger partial charge in [-0.05, 0) is 47.1 Å². The lowest BCUT2D eigenvalue weighted by atomic mass is 9.86. The van der Waals surface area contributed by atoms with E-state index in [2.05, 4.69) is 66.0 Å². The Morgan fingerprint density at radius 1 is 0.941 bits per heavy atom. The number of aliphatic hydroxyl groups excluding tert-OH is 1. The van der Waals surface area contributed by atoms with E-state index in [4.69, 9.17) is 0 Å². The van der Waals surface area contributed by atoms with Crippen molar-refractivity contribution in [3.63, 3.8) is 0 Å². The minimum atomic E-state index is -0.186. The first kappa shape index (κ1) is 23.6. The summed E-state index contributed by atoms with van der Waals surface area (Å²) in [4.78, 5) is 26.6. The molecule has 1 aliphatic heterocycles. The second-order valence-corrected chi connectivity index (χ2v) is 9.17. The molecule has 2 aromatic carbocycles. The molecule has 1 aliphatic carbocycles. The van der Waals surface area contributed by atoms with Crippen molar-refractivity contribution in [3.8, 4) is 0 Å². The smallest absolute Gasteiger partial charge is 0.226 e. The number of rotatable bonds is 5. The molecule has 2 N–H and O–H groups in total. The molecule has 0 saturated carbocycles. The third kappa shape index (κ3) is 5.14. The topological polar surface area (TPSA) is 69.6 Å². The summed E-state index contributed by atoms with van der Waals surface area (Å²) in [5.41, 5.74) is 7.98. The van der Waals surface area contributed by atoms with Crippen molar-refractivity contribution < 1.29 is 14.7 Å². The SMILES string of the molecule is CC(C)C(=O)N/C(=C/O)CCC(=O)N1CCC(=C2c3ccccc3C=Cc3ccccc32)CC1. The van der Waals surface area contributed by atoms with Gasteiger partial charge in [-0.1, -0.05) is 80.1 Å². The predicted molar refractivity (Wildman–Crippen MR) is 137 cm³/mol. The van der Waals surface area contributed by atoms with Gasteiger partial charge < -0.3 is 15.3 Å². The highest BCUT2D eigenvalue weighted by molar-refractivity contribution is 5.95. The molecular formula is C29H32N2O3. The number of piperidine rings is 1. The highest BCUT2D eigenvalue weighted by Crippen LogP contribution is 2.38. The molecule has 176 valence electrons. The molecule has 4 rings (SSSR count). The van der Waals surface area contributed by atoms with Crippen LogP contribution in [0.2, 0.25) is 0 Å². The molecule has 2 aliphatic rings. The predicted octanol–water partition coefficient (Wildman–Crippen LogP) is 5.55. The van der Waals surface area contributed by atoms with Gasteiger partial charge in [-0.15, -0.1) is 0 Å². The number of hydrogen-bond donors (Lipinski definition) is 2. The average molecular weight is 457 g/mol. The summed E-state index contributed by atoms with van der Waals surface area (Å²) in [5, 5.41) is 12.1. The number of likely N-dealkylation sites (tertiary alicyclic amines) is 1. The van der Waals surface area contributed by atoms with Crippen molar-refractivity contribution >= 4 is 29.5 Å². The standard InChI is InChI=1S/C29H32N2O3/c1-20(2)29(34)30-24(19-32)13-14-27(33)31-17-15-23(16-18-31)28-25-9-5-3-7-21(25)11-12-22-8-4-6-10-26(22)28/h3-12,19-20,32H,13-18H2,1-2H3,(H,30,34)/b24-19+. The molecule has 0 aromatic heterocycles. The summed E-state index contributed by atoms with van der Waals surface area (Å²) in [6.45, 7) is 4.92. The van der Waals surface area contributed by atoms with E-state index < -0.39 is 0 Å². The third-order valence-corrected chi connectivity index (χ3v) is 6.55. The fourth-order valence-corrected chi connectivity index (χ4v) is 4.58. The van der Waals surface area contributed by atoms with Crippen LogP contribution in [0.15, 0.2) is 66.1 Å². The Morgan fingerprint density at radius 2 is 1.50 bits per heavy atom. The normalized spacial score (nSPS) is 15.6. The Balaban J connectivity index is 1.47. The first-order valence-electron chi connectivity index (χ1n) is 12.0. The van der Waals surface area contributed by atoms with Crippen LogP contribution in [-0.4, -0.2) is 34.9 Å². The number of amides is 2. The van der Waals surface area contributed by atoms with Gasteiger partial charge in [0.25, 0.3) is 0 Å². The van der Waals surface area contributed by atoms with Crippen LogP contribution in [0.3, 0.4) is 0 Å². The molecule has 0 radical (unpaired) electrons. The molecule has 2 aromatic rings. The summed E-state index contributed by atoms with van der Waals surface area (Å²) < 4.78 is 0. The van der Waals surface area contributed by atoms with E-state index in [0.717, 1.165) is 19.1 Å². The lowest BCUT2D eigenvalue weighted by Crippen LogP contribution is -2.37. The lowest BCUT2D eigenvalue weighted by molar-refractivity contribution is -0.131. The van der Waals surface area contributed by atoms with E-state index in [9.17, 15) is 14.7 Å². The molecule has 0 atom stereocenters. The maximum Gasteiger partial charge on any atom is 0.226 e. The van der Waals surface area contributed by atoms with E-state index in [1.54, 1.807) is 13.8 Å². The maximum absolute atomic E-state index is 12.9. The molecule has 0 unspecified atom stereocenters. The monoisotopic (exact) mass is 456 g/mol. The maximum atomic E-state index is 12.9. The molecule has 34 heavy (non-hydrogen) atoms. The summed E-state index contributed by atoms with van der Waals surface area (Å²) in [6, 6.07) is 17.0. The van der Waals surface area contributed by atoms with E-state index in [1.807, 2.05) is 4.90 Å². The largest absolute Gasteiger partial charge is 0.514 e. The van der Waals surface area contributed by atoms with Crippen molar-refractivity contribution in [1.82, 2.24) is 10.2 Å². The number of benzene rings is 2. The molecular weight excluding hydrogens is 424 g/mol. The highest BCUT2D eigenvalue weighted by Gasteiger charge is 2.24. The Bertz CT molecular complexity index is 1110. The Labute approximate surface area is 201 Å². The van der Waals surface area contributed by atoms with E-state index >= 15 is 0 Å². The Morgan fingerprint density at radius 3 is 2.03 bits per heavy atom. The van der Waals surface area contributed by atoms with Crippen LogP contribution in [0.1, 0.15) is 61.8 Å². The molecule has 5 nitrogen and oxygen atoms in total. The molecule has 1 saturated heterocycles. The lowest BCUT2D eigenvalue weighted by Gasteiger charge is -2.31. The highest BCUT2D eigenvalue weighted by atomic mass is 16.2. The number of aliphatic hydroxyl groups is 1. The van der Waals surface area contributed by atoms with Crippen LogP contribution in [-0.2, 0) is 9.59 Å². The minimum absolute atomic E-state index is 0.0468. The van der Waals surface area contributed by atoms with Crippen molar-refractivity contribution in [3.05, 3.63) is 88.3 Å². The van der Waals surface area contributed by atoms with Crippen molar-refractivity contribution in [1.29, 1.82) is 0 Å². The van der Waals surface area contributed by atoms with Gasteiger partial charge >= 0.3 is 0 Å². The van der Waals surface area contributed by atoms with Crippen LogP contribution >= 0.6 is 0 Å². The number of hydrogen-bond acceptors (Lipinski definition) is 3. The van der Waals surface area contributed by atoms with Crippen molar-refractivity contribution in [2.75, 3.05) is 13.1 Å². The number of nitrogens with zero attached hydrogens (tertiary/aromatic N) is 1. The summed E-state index contributed by atoms with van der Waals surface area (Å²) in [5.74, 6) is -0.306. The summed E-state index contributed by atoms with van der Waals surface area (Å²) in [7, 11) is 0. The zero-order valence-corrected chi connectivity index (χ0v) is 19.9. The van der Waals surface area contributed by atoms with Gasteiger partial charge in [0.05, 0.1) is 12.0 Å². The van der Waals surface area contributed by atoms with Crippen LogP contribution in [0.25, 0.3) is 17.7 Å². The number of carbonyl (C=O) groups is 2. The molecule has 0 spiro atoms. The van der Waals surface area contributed by atoms with Gasteiger partial charge in [0.2, 0.25) is 11.8 Å². The molecule has 0 bridgehead atoms. The van der Waals surface area contributed by atoms with Crippen LogP contribution in [0.4, 0.5) is 0 Å². The quantitative estimate of drug-likeness (QED) is 0.495. The molecule has 2 amide bonds. The van der Waals surface area contributed by atoms with Crippen molar-refractivity contribution in [2.24, 2.45) is 5.92 Å². The molecule has 1 heterocycles. The zero-order valence-electron chi connectivity index (χ0n) is 19.9. The number of nitrogens with one attached hydrogen (secondary N) is 1.